The number of hydrogen-bond acceptors (Lipinski definition) is 7. The van der Waals surface area contributed by atoms with Crippen LogP contribution in [0.1, 0.15) is 13.8 Å². The van der Waals surface area contributed by atoms with Gasteiger partial charge < -0.3 is 35.4 Å². The van der Waals surface area contributed by atoms with E-state index in [1.165, 1.54) is 13.0 Å². The summed E-state index contributed by atoms with van der Waals surface area (Å²) >= 11 is 0. The Labute approximate surface area is 161 Å². The van der Waals surface area contributed by atoms with E-state index in [9.17, 15) is 9.90 Å². The summed E-state index contributed by atoms with van der Waals surface area (Å²) in [6, 6.07) is 0. The minimum atomic E-state index is -1.16. The van der Waals surface area contributed by atoms with Gasteiger partial charge in [-0.3, -0.25) is 0 Å². The van der Waals surface area contributed by atoms with Gasteiger partial charge >= 0.3 is 51.4 Å². The van der Waals surface area contributed by atoms with Crippen molar-refractivity contribution >= 4 is 5.97 Å². The third kappa shape index (κ3) is 42.9. The first kappa shape index (κ1) is 28.5. The molecule has 8 heteroatoms. The van der Waals surface area contributed by atoms with Crippen molar-refractivity contribution in [2.75, 3.05) is 19.8 Å². The van der Waals surface area contributed by atoms with Gasteiger partial charge in [0, 0.05) is 0 Å². The molecule has 7 nitrogen and oxygen atoms in total. The van der Waals surface area contributed by atoms with E-state index in [-0.39, 0.29) is 71.2 Å². The average Bonchev–Trinajstić information content (AvgIpc) is 2.39. The van der Waals surface area contributed by atoms with E-state index in [2.05, 4.69) is 0 Å². The third-order valence-corrected chi connectivity index (χ3v) is 1.22. The summed E-state index contributed by atoms with van der Waals surface area (Å²) in [4.78, 5) is 9.64. The van der Waals surface area contributed by atoms with E-state index in [1.807, 2.05) is 0 Å². The number of allylic oxidation sites excluding steroid dienone is 3. The van der Waals surface area contributed by atoms with Crippen LogP contribution in [-0.4, -0.2) is 63.5 Å². The maximum atomic E-state index is 9.64. The zero-order valence-electron chi connectivity index (χ0n) is 12.1. The van der Waals surface area contributed by atoms with E-state index in [0.29, 0.717) is 0 Å². The van der Waals surface area contributed by atoms with Crippen LogP contribution in [0.2, 0.25) is 0 Å². The molecule has 1 atom stereocenters. The maximum Gasteiger partial charge on any atom is 1.00 e. The van der Waals surface area contributed by atoms with Crippen molar-refractivity contribution in [1.29, 1.82) is 0 Å². The molecule has 0 aliphatic carbocycles. The van der Waals surface area contributed by atoms with Crippen LogP contribution in [0.4, 0.5) is 0 Å². The number of carboxylic acids is 1. The van der Waals surface area contributed by atoms with Gasteiger partial charge in [0.15, 0.2) is 0 Å². The van der Waals surface area contributed by atoms with Crippen molar-refractivity contribution in [1.82, 2.24) is 0 Å². The Balaban J connectivity index is -0.0000000966. The van der Waals surface area contributed by atoms with Gasteiger partial charge in [0.1, 0.15) is 6.10 Å². The molecule has 1 unspecified atom stereocenters. The van der Waals surface area contributed by atoms with Crippen LogP contribution in [0.15, 0.2) is 24.3 Å². The summed E-state index contributed by atoms with van der Waals surface area (Å²) in [5.74, 6) is -1.16. The fourth-order valence-corrected chi connectivity index (χ4v) is 0.303. The molecule has 0 radical (unpaired) electrons. The van der Waals surface area contributed by atoms with Crippen LogP contribution < -0.4 is 56.5 Å². The Bertz CT molecular complexity index is 238. The van der Waals surface area contributed by atoms with Gasteiger partial charge in [0.05, 0.1) is 31.9 Å². The van der Waals surface area contributed by atoms with Crippen molar-refractivity contribution in [2.45, 2.75) is 26.1 Å². The molecule has 0 saturated carbocycles. The standard InChI is InChI=1S/C6H8O2.C3H8O3.C3H8O2.K/c1-2-3-4-5-6(7)8;4-1-3(6)2-5;1-3(5)2-4;/h2-5H,1H3,(H,7,8);3-6H,1-2H2;3-5H,2H2,1H3;/q;;;+1/p-1. The van der Waals surface area contributed by atoms with Gasteiger partial charge in [-0.05, 0) is 19.9 Å². The molecule has 0 aliphatic rings. The summed E-state index contributed by atoms with van der Waals surface area (Å²) in [6.45, 7) is 2.46. The molecule has 0 aromatic heterocycles. The molecule has 0 spiro atoms. The molecule has 0 aromatic rings. The molecular weight excluding hydrogens is 295 g/mol. The number of aliphatic hydroxyl groups is 5. The van der Waals surface area contributed by atoms with Gasteiger partial charge in [-0.1, -0.05) is 18.2 Å². The van der Waals surface area contributed by atoms with Crippen molar-refractivity contribution in [3.8, 4) is 0 Å². The summed E-state index contributed by atoms with van der Waals surface area (Å²) in [7, 11) is 0. The predicted molar refractivity (Wildman–Crippen MR) is 67.9 cm³/mol. The number of carbonyl (C=O) groups is 1. The quantitative estimate of drug-likeness (QED) is 0.193. The predicted octanol–water partition coefficient (Wildman–Crippen LogP) is -5.44. The second-order valence-corrected chi connectivity index (χ2v) is 3.25. The molecule has 0 saturated heterocycles. The summed E-state index contributed by atoms with van der Waals surface area (Å²) in [5, 5.41) is 49.7. The second-order valence-electron chi connectivity index (χ2n) is 3.25. The molecule has 0 aromatic carbocycles. The number of hydrogen-bond donors (Lipinski definition) is 5. The Hall–Kier alpha value is 0.386. The van der Waals surface area contributed by atoms with Gasteiger partial charge in [-0.15, -0.1) is 0 Å². The summed E-state index contributed by atoms with van der Waals surface area (Å²) in [6.07, 6.45) is 4.23. The van der Waals surface area contributed by atoms with Crippen molar-refractivity contribution in [3.05, 3.63) is 24.3 Å². The Morgan fingerprint density at radius 2 is 1.50 bits per heavy atom. The Morgan fingerprint density at radius 3 is 1.65 bits per heavy atom. The molecule has 0 heterocycles. The molecule has 114 valence electrons. The fourth-order valence-electron chi connectivity index (χ4n) is 0.303. The van der Waals surface area contributed by atoms with Crippen LogP contribution in [0.3, 0.4) is 0 Å². The number of aliphatic hydroxyl groups excluding tert-OH is 5. The van der Waals surface area contributed by atoms with Crippen molar-refractivity contribution in [2.24, 2.45) is 0 Å². The summed E-state index contributed by atoms with van der Waals surface area (Å²) in [5.41, 5.74) is 0. The van der Waals surface area contributed by atoms with Gasteiger partial charge in [-0.2, -0.15) is 0 Å². The zero-order chi connectivity index (χ0) is 15.7. The van der Waals surface area contributed by atoms with Crippen molar-refractivity contribution in [3.63, 3.8) is 0 Å². The van der Waals surface area contributed by atoms with Crippen LogP contribution in [0.5, 0.6) is 0 Å². The van der Waals surface area contributed by atoms with Crippen LogP contribution >= 0.6 is 0 Å². The Morgan fingerprint density at radius 1 is 1.10 bits per heavy atom. The largest absolute Gasteiger partial charge is 1.00 e. The van der Waals surface area contributed by atoms with Gasteiger partial charge in [-0.25, -0.2) is 0 Å². The normalized spacial score (nSPS) is 11.2. The van der Waals surface area contributed by atoms with E-state index in [1.54, 1.807) is 19.1 Å². The molecule has 20 heavy (non-hydrogen) atoms. The second kappa shape index (κ2) is 24.4. The fraction of sp³-hybridized carbons (Fsp3) is 0.583. The first-order valence-corrected chi connectivity index (χ1v) is 5.54. The number of rotatable bonds is 5. The van der Waals surface area contributed by atoms with Crippen molar-refractivity contribution < 1.29 is 86.8 Å². The first-order chi connectivity index (χ1) is 8.85. The van der Waals surface area contributed by atoms with Gasteiger partial charge in [0.25, 0.3) is 0 Å². The molecule has 0 rings (SSSR count). The Kier molecular flexibility index (Phi) is 34.8. The van der Waals surface area contributed by atoms with E-state index in [0.717, 1.165) is 6.08 Å². The number of carboxylic acid groups (broad SMARTS) is 1. The van der Waals surface area contributed by atoms with Crippen LogP contribution in [-0.2, 0) is 4.79 Å². The third-order valence-electron chi connectivity index (χ3n) is 1.22. The van der Waals surface area contributed by atoms with E-state index < -0.39 is 18.2 Å². The average molecular weight is 318 g/mol. The van der Waals surface area contributed by atoms with E-state index in [4.69, 9.17) is 25.5 Å². The maximum absolute atomic E-state index is 9.64. The SMILES string of the molecule is CC(O)CO.CC=CC=CC(=O)[O-].OCC(O)CO.[K+]. The monoisotopic (exact) mass is 318 g/mol. The smallest absolute Gasteiger partial charge is 0.545 e. The first-order valence-electron chi connectivity index (χ1n) is 5.54. The summed E-state index contributed by atoms with van der Waals surface area (Å²) < 4.78 is 0. The van der Waals surface area contributed by atoms with E-state index >= 15 is 0 Å². The molecule has 0 aliphatic heterocycles. The topological polar surface area (TPSA) is 141 Å². The minimum Gasteiger partial charge on any atom is -0.545 e. The zero-order valence-corrected chi connectivity index (χ0v) is 15.3. The molecule has 5 N–H and O–H groups in total. The molecule has 0 fully saturated rings. The number of aliphatic carboxylic acids is 1. The number of carbonyl (C=O) groups excluding carboxylic acids is 1. The molecule has 0 bridgehead atoms. The van der Waals surface area contributed by atoms with Crippen LogP contribution in [0, 0.1) is 0 Å². The molecular formula is C12H23KO7. The molecule has 0 amide bonds. The van der Waals surface area contributed by atoms with Gasteiger partial charge in [0.2, 0.25) is 0 Å². The van der Waals surface area contributed by atoms with Crippen LogP contribution in [0.25, 0.3) is 0 Å². The minimum absolute atomic E-state index is 0.